The molecule has 2 aromatic rings. The third-order valence-corrected chi connectivity index (χ3v) is 3.94. The van der Waals surface area contributed by atoms with Gasteiger partial charge in [-0.3, -0.25) is 14.9 Å². The number of nitro benzene ring substituents is 1. The number of para-hydroxylation sites is 1. The first kappa shape index (κ1) is 13.3. The first-order chi connectivity index (χ1) is 11.1. The van der Waals surface area contributed by atoms with Crippen molar-refractivity contribution < 1.29 is 9.72 Å². The minimum absolute atomic E-state index is 0.0507. The van der Waals surface area contributed by atoms with Crippen LogP contribution in [0.2, 0.25) is 0 Å². The van der Waals surface area contributed by atoms with Gasteiger partial charge in [-0.05, 0) is 17.7 Å². The molecule has 7 nitrogen and oxygen atoms in total. The van der Waals surface area contributed by atoms with Gasteiger partial charge in [-0.25, -0.2) is 0 Å². The number of anilines is 2. The number of carbonyl (C=O) groups is 1. The monoisotopic (exact) mass is 308 g/mol. The molecule has 0 aliphatic carbocycles. The first-order valence-electron chi connectivity index (χ1n) is 7.07. The number of hydrogen-bond donors (Lipinski definition) is 3. The van der Waals surface area contributed by atoms with Crippen molar-refractivity contribution in [3.8, 4) is 0 Å². The molecular formula is C16H12N4O3. The first-order valence-corrected chi connectivity index (χ1v) is 7.07. The van der Waals surface area contributed by atoms with Gasteiger partial charge in [0.05, 0.1) is 16.2 Å². The molecule has 2 aliphatic rings. The highest BCUT2D eigenvalue weighted by Crippen LogP contribution is 2.37. The van der Waals surface area contributed by atoms with Crippen LogP contribution in [0, 0.1) is 10.1 Å². The van der Waals surface area contributed by atoms with Crippen molar-refractivity contribution in [1.29, 1.82) is 0 Å². The van der Waals surface area contributed by atoms with Gasteiger partial charge in [-0.1, -0.05) is 18.2 Å². The predicted molar refractivity (Wildman–Crippen MR) is 85.6 cm³/mol. The van der Waals surface area contributed by atoms with Crippen molar-refractivity contribution in [2.24, 2.45) is 0 Å². The zero-order chi connectivity index (χ0) is 16.0. The number of benzene rings is 2. The fourth-order valence-electron chi connectivity index (χ4n) is 2.83. The SMILES string of the molecule is O=C1Nc2cc([N+](=O)[O-])ccc2/C1=C1\NCc2ccccc2N1. The molecule has 0 bridgehead atoms. The number of hydrogen-bond acceptors (Lipinski definition) is 5. The second-order valence-corrected chi connectivity index (χ2v) is 5.33. The van der Waals surface area contributed by atoms with Crippen LogP contribution in [0.1, 0.15) is 11.1 Å². The van der Waals surface area contributed by atoms with Gasteiger partial charge >= 0.3 is 0 Å². The second kappa shape index (κ2) is 4.84. The summed E-state index contributed by atoms with van der Waals surface area (Å²) in [5.74, 6) is 0.323. The zero-order valence-electron chi connectivity index (χ0n) is 11.9. The van der Waals surface area contributed by atoms with Gasteiger partial charge in [0.1, 0.15) is 5.82 Å². The van der Waals surface area contributed by atoms with Gasteiger partial charge in [-0.2, -0.15) is 0 Å². The maximum Gasteiger partial charge on any atom is 0.271 e. The molecule has 2 aliphatic heterocycles. The van der Waals surface area contributed by atoms with Crippen LogP contribution in [0.3, 0.4) is 0 Å². The molecule has 2 aromatic carbocycles. The topological polar surface area (TPSA) is 96.3 Å². The summed E-state index contributed by atoms with van der Waals surface area (Å²) in [6.45, 7) is 0.609. The number of rotatable bonds is 1. The lowest BCUT2D eigenvalue weighted by atomic mass is 10.0. The highest BCUT2D eigenvalue weighted by molar-refractivity contribution is 6.32. The maximum atomic E-state index is 12.3. The highest BCUT2D eigenvalue weighted by atomic mass is 16.6. The lowest BCUT2D eigenvalue weighted by Crippen LogP contribution is -2.28. The van der Waals surface area contributed by atoms with Crippen molar-refractivity contribution >= 4 is 28.5 Å². The Kier molecular flexibility index (Phi) is 2.80. The van der Waals surface area contributed by atoms with Crippen LogP contribution in [0.4, 0.5) is 17.1 Å². The Balaban J connectivity index is 1.79. The van der Waals surface area contributed by atoms with Gasteiger partial charge in [-0.15, -0.1) is 0 Å². The van der Waals surface area contributed by atoms with Crippen LogP contribution >= 0.6 is 0 Å². The normalized spacial score (nSPS) is 18.3. The Bertz CT molecular complexity index is 889. The average Bonchev–Trinajstić information content (AvgIpc) is 2.89. The molecule has 4 rings (SSSR count). The summed E-state index contributed by atoms with van der Waals surface area (Å²) in [5, 5.41) is 20.0. The van der Waals surface area contributed by atoms with Crippen LogP contribution in [0.25, 0.3) is 5.57 Å². The van der Waals surface area contributed by atoms with Crippen molar-refractivity contribution in [2.75, 3.05) is 10.6 Å². The molecule has 0 spiro atoms. The summed E-state index contributed by atoms with van der Waals surface area (Å²) < 4.78 is 0. The number of nitrogens with zero attached hydrogens (tertiary/aromatic N) is 1. The molecule has 3 N–H and O–H groups in total. The molecular weight excluding hydrogens is 296 g/mol. The number of nitrogens with one attached hydrogen (secondary N) is 3. The average molecular weight is 308 g/mol. The van der Waals surface area contributed by atoms with Gasteiger partial charge in [0.15, 0.2) is 0 Å². The Labute approximate surface area is 131 Å². The minimum atomic E-state index is -0.481. The Morgan fingerprint density at radius 3 is 2.70 bits per heavy atom. The molecule has 0 atom stereocenters. The largest absolute Gasteiger partial charge is 0.367 e. The quantitative estimate of drug-likeness (QED) is 0.427. The summed E-state index contributed by atoms with van der Waals surface area (Å²) in [6, 6.07) is 12.2. The second-order valence-electron chi connectivity index (χ2n) is 5.33. The molecule has 23 heavy (non-hydrogen) atoms. The van der Waals surface area contributed by atoms with Crippen LogP contribution in [-0.4, -0.2) is 10.8 Å². The standard InChI is InChI=1S/C16H12N4O3/c21-16-14(11-6-5-10(20(22)23)7-13(11)19-16)15-17-8-9-3-1-2-4-12(9)18-15/h1-7,17-18H,8H2,(H,19,21)/b15-14-. The van der Waals surface area contributed by atoms with E-state index in [0.29, 0.717) is 29.2 Å². The number of carbonyl (C=O) groups excluding carboxylic acids is 1. The number of amides is 1. The van der Waals surface area contributed by atoms with E-state index in [1.54, 1.807) is 6.07 Å². The smallest absolute Gasteiger partial charge is 0.271 e. The van der Waals surface area contributed by atoms with Gasteiger partial charge in [0.25, 0.3) is 11.6 Å². The van der Waals surface area contributed by atoms with E-state index in [4.69, 9.17) is 0 Å². The van der Waals surface area contributed by atoms with Crippen LogP contribution in [-0.2, 0) is 11.3 Å². The van der Waals surface area contributed by atoms with E-state index in [0.717, 1.165) is 11.3 Å². The molecule has 0 saturated carbocycles. The molecule has 0 saturated heterocycles. The molecule has 0 radical (unpaired) electrons. The van der Waals surface area contributed by atoms with Gasteiger partial charge < -0.3 is 16.0 Å². The lowest BCUT2D eigenvalue weighted by Gasteiger charge is -2.23. The maximum absolute atomic E-state index is 12.3. The molecule has 7 heteroatoms. The Hall–Kier alpha value is -3.35. The predicted octanol–water partition coefficient (Wildman–Crippen LogP) is 2.43. The van der Waals surface area contributed by atoms with Gasteiger partial charge in [0, 0.05) is 29.9 Å². The van der Waals surface area contributed by atoms with E-state index in [1.165, 1.54) is 12.1 Å². The van der Waals surface area contributed by atoms with Crippen molar-refractivity contribution in [3.63, 3.8) is 0 Å². The molecule has 0 aromatic heterocycles. The van der Waals surface area contributed by atoms with E-state index >= 15 is 0 Å². The van der Waals surface area contributed by atoms with Crippen LogP contribution in [0.15, 0.2) is 48.3 Å². The van der Waals surface area contributed by atoms with Gasteiger partial charge in [0.2, 0.25) is 0 Å². The summed E-state index contributed by atoms with van der Waals surface area (Å²) in [5.41, 5.74) is 3.56. The third-order valence-electron chi connectivity index (χ3n) is 3.94. The lowest BCUT2D eigenvalue weighted by molar-refractivity contribution is -0.384. The summed E-state index contributed by atoms with van der Waals surface area (Å²) in [6.07, 6.45) is 0. The van der Waals surface area contributed by atoms with Crippen molar-refractivity contribution in [1.82, 2.24) is 5.32 Å². The minimum Gasteiger partial charge on any atom is -0.367 e. The molecule has 0 unspecified atom stereocenters. The fraction of sp³-hybridized carbons (Fsp3) is 0.0625. The van der Waals surface area contributed by atoms with E-state index < -0.39 is 4.92 Å². The highest BCUT2D eigenvalue weighted by Gasteiger charge is 2.30. The number of fused-ring (bicyclic) bond motifs is 2. The molecule has 2 heterocycles. The summed E-state index contributed by atoms with van der Waals surface area (Å²) in [7, 11) is 0. The van der Waals surface area contributed by atoms with E-state index in [-0.39, 0.29) is 11.6 Å². The zero-order valence-corrected chi connectivity index (χ0v) is 11.9. The van der Waals surface area contributed by atoms with E-state index in [1.807, 2.05) is 24.3 Å². The Morgan fingerprint density at radius 1 is 1.04 bits per heavy atom. The number of nitro groups is 1. The Morgan fingerprint density at radius 2 is 1.87 bits per heavy atom. The molecule has 0 fully saturated rings. The fourth-order valence-corrected chi connectivity index (χ4v) is 2.83. The van der Waals surface area contributed by atoms with E-state index in [2.05, 4.69) is 16.0 Å². The van der Waals surface area contributed by atoms with Crippen molar-refractivity contribution in [2.45, 2.75) is 6.54 Å². The van der Waals surface area contributed by atoms with Crippen LogP contribution in [0.5, 0.6) is 0 Å². The van der Waals surface area contributed by atoms with E-state index in [9.17, 15) is 14.9 Å². The summed E-state index contributed by atoms with van der Waals surface area (Å²) >= 11 is 0. The third kappa shape index (κ3) is 2.10. The molecule has 1 amide bonds. The summed E-state index contributed by atoms with van der Waals surface area (Å²) in [4.78, 5) is 22.7. The molecule has 114 valence electrons. The number of non-ortho nitro benzene ring substituents is 1. The van der Waals surface area contributed by atoms with Crippen molar-refractivity contribution in [3.05, 3.63) is 69.5 Å². The van der Waals surface area contributed by atoms with Crippen LogP contribution < -0.4 is 16.0 Å².